The zero-order valence-corrected chi connectivity index (χ0v) is 29.8. The van der Waals surface area contributed by atoms with E-state index < -0.39 is 23.6 Å². The molecule has 4 aromatic carbocycles. The second kappa shape index (κ2) is 12.5. The Hall–Kier alpha value is -5.75. The molecule has 0 aliphatic rings. The van der Waals surface area contributed by atoms with Gasteiger partial charge in [0.2, 0.25) is 0 Å². The zero-order chi connectivity index (χ0) is 38.9. The number of aromatic nitrogens is 5. The highest BCUT2D eigenvalue weighted by molar-refractivity contribution is 6.09. The fourth-order valence-electron chi connectivity index (χ4n) is 6.63. The lowest BCUT2D eigenvalue weighted by molar-refractivity contribution is -0.572. The summed E-state index contributed by atoms with van der Waals surface area (Å²) < 4.78 is 48.1. The van der Waals surface area contributed by atoms with E-state index in [9.17, 15) is 0 Å². The number of para-hydroxylation sites is 3. The number of imidazole rings is 1. The first-order valence-electron chi connectivity index (χ1n) is 19.2. The van der Waals surface area contributed by atoms with E-state index in [0.29, 0.717) is 28.4 Å². The third-order valence-electron chi connectivity index (χ3n) is 8.52. The van der Waals surface area contributed by atoms with Gasteiger partial charge in [-0.2, -0.15) is 0 Å². The van der Waals surface area contributed by atoms with E-state index in [1.54, 1.807) is 24.7 Å². The summed E-state index contributed by atoms with van der Waals surface area (Å²) >= 11 is 0. The Morgan fingerprint density at radius 2 is 1.41 bits per heavy atom. The van der Waals surface area contributed by atoms with Gasteiger partial charge in [0.15, 0.2) is 0 Å². The van der Waals surface area contributed by atoms with Gasteiger partial charge in [0.05, 0.1) is 39.6 Å². The summed E-state index contributed by atoms with van der Waals surface area (Å²) in [6, 6.07) is 35.3. The summed E-state index contributed by atoms with van der Waals surface area (Å²) in [5.74, 6) is 1.77. The number of hydrogen-bond donors (Lipinski definition) is 0. The summed E-state index contributed by atoms with van der Waals surface area (Å²) in [6.45, 7) is 11.5. The average molecular weight is 674 g/mol. The molecular formula is C45H43N5O. The molecule has 8 aromatic rings. The van der Waals surface area contributed by atoms with E-state index in [1.165, 1.54) is 0 Å². The van der Waals surface area contributed by atoms with Crippen LogP contribution >= 0.6 is 0 Å². The predicted octanol–water partition coefficient (Wildman–Crippen LogP) is 10.6. The Kier molecular flexibility index (Phi) is 6.88. The predicted molar refractivity (Wildman–Crippen MR) is 206 cm³/mol. The maximum Gasteiger partial charge on any atom is 0.269 e. The van der Waals surface area contributed by atoms with Crippen LogP contribution in [0.4, 0.5) is 0 Å². The number of fused-ring (bicyclic) bond motifs is 4. The number of ether oxygens (including phenoxy) is 1. The molecule has 0 aliphatic carbocycles. The molecule has 254 valence electrons. The Morgan fingerprint density at radius 3 is 2.22 bits per heavy atom. The van der Waals surface area contributed by atoms with Crippen LogP contribution in [0.15, 0.2) is 128 Å². The molecule has 0 radical (unpaired) electrons. The van der Waals surface area contributed by atoms with Crippen LogP contribution < -0.4 is 9.30 Å². The van der Waals surface area contributed by atoms with Crippen molar-refractivity contribution in [2.24, 2.45) is 10.8 Å². The van der Waals surface area contributed by atoms with Gasteiger partial charge in [0.1, 0.15) is 17.3 Å². The first-order chi connectivity index (χ1) is 26.0. The minimum Gasteiger partial charge on any atom is -0.456 e. The maximum atomic E-state index is 8.93. The number of nitrogens with zero attached hydrogens (tertiary/aromatic N) is 5. The summed E-state index contributed by atoms with van der Waals surface area (Å²) in [4.78, 5) is 9.29. The van der Waals surface area contributed by atoms with Crippen LogP contribution in [-0.2, 0) is 12.7 Å². The first kappa shape index (κ1) is 28.0. The molecular weight excluding hydrogens is 627 g/mol. The van der Waals surface area contributed by atoms with E-state index >= 15 is 0 Å². The normalized spacial score (nSPS) is 14.0. The van der Waals surface area contributed by atoms with Gasteiger partial charge in [-0.05, 0) is 77.7 Å². The molecule has 51 heavy (non-hydrogen) atoms. The highest BCUT2D eigenvalue weighted by Crippen LogP contribution is 2.36. The SMILES string of the molecule is [2H]C([2H])(c1cccc(-[n+]2[c-]n(-c3cncc(Oc4ccc5c6ccccc6n(-c6cc(C([2H])([2H])C(C)(C)C)ccn6)c5c4)c3)c3ccccc32)c1)C(C)(C)C. The molecule has 0 spiro atoms. The van der Waals surface area contributed by atoms with Gasteiger partial charge in [-0.15, -0.1) is 0 Å². The van der Waals surface area contributed by atoms with E-state index in [0.717, 1.165) is 44.2 Å². The molecule has 0 amide bonds. The molecule has 0 fully saturated rings. The fraction of sp³-hybridized carbons (Fsp3) is 0.222. The molecule has 6 nitrogen and oxygen atoms in total. The third-order valence-corrected chi connectivity index (χ3v) is 8.52. The van der Waals surface area contributed by atoms with Crippen molar-refractivity contribution in [1.82, 2.24) is 19.1 Å². The lowest BCUT2D eigenvalue weighted by Crippen LogP contribution is -2.29. The molecule has 0 atom stereocenters. The molecule has 0 aliphatic heterocycles. The smallest absolute Gasteiger partial charge is 0.269 e. The largest absolute Gasteiger partial charge is 0.456 e. The molecule has 0 saturated carbocycles. The zero-order valence-electron chi connectivity index (χ0n) is 33.8. The Balaban J connectivity index is 1.18. The van der Waals surface area contributed by atoms with Gasteiger partial charge < -0.3 is 4.74 Å². The van der Waals surface area contributed by atoms with Crippen molar-refractivity contribution >= 4 is 32.8 Å². The Bertz CT molecular complexity index is 2740. The van der Waals surface area contributed by atoms with E-state index in [2.05, 4.69) is 28.0 Å². The van der Waals surface area contributed by atoms with Gasteiger partial charge in [0.25, 0.3) is 6.33 Å². The van der Waals surface area contributed by atoms with Gasteiger partial charge in [-0.3, -0.25) is 18.7 Å². The molecule has 0 N–H and O–H groups in total. The first-order valence-corrected chi connectivity index (χ1v) is 17.2. The molecule has 4 heterocycles. The van der Waals surface area contributed by atoms with Crippen LogP contribution in [0.5, 0.6) is 11.5 Å². The van der Waals surface area contributed by atoms with Crippen molar-refractivity contribution in [3.8, 4) is 28.7 Å². The highest BCUT2D eigenvalue weighted by Gasteiger charge is 2.18. The number of rotatable bonds is 7. The quantitative estimate of drug-likeness (QED) is 0.125. The van der Waals surface area contributed by atoms with Crippen molar-refractivity contribution in [2.75, 3.05) is 0 Å². The lowest BCUT2D eigenvalue weighted by Gasteiger charge is -2.18. The van der Waals surface area contributed by atoms with Gasteiger partial charge in [0, 0.05) is 34.7 Å². The van der Waals surface area contributed by atoms with Crippen molar-refractivity contribution in [2.45, 2.75) is 54.3 Å². The van der Waals surface area contributed by atoms with Crippen LogP contribution in [0.3, 0.4) is 0 Å². The van der Waals surface area contributed by atoms with Crippen molar-refractivity contribution in [3.63, 3.8) is 0 Å². The number of hydrogen-bond acceptors (Lipinski definition) is 3. The summed E-state index contributed by atoms with van der Waals surface area (Å²) in [5, 5.41) is 2.08. The second-order valence-electron chi connectivity index (χ2n) is 15.0. The van der Waals surface area contributed by atoms with Crippen LogP contribution in [-0.4, -0.2) is 19.1 Å². The van der Waals surface area contributed by atoms with Crippen molar-refractivity contribution in [1.29, 1.82) is 0 Å². The van der Waals surface area contributed by atoms with Crippen molar-refractivity contribution in [3.05, 3.63) is 145 Å². The topological polar surface area (TPSA) is 48.8 Å². The van der Waals surface area contributed by atoms with E-state index in [4.69, 9.17) is 15.2 Å². The van der Waals surface area contributed by atoms with Gasteiger partial charge in [-0.25, -0.2) is 4.98 Å². The van der Waals surface area contributed by atoms with Crippen LogP contribution in [0.25, 0.3) is 50.0 Å². The van der Waals surface area contributed by atoms with Crippen molar-refractivity contribution < 1.29 is 14.8 Å². The summed E-state index contributed by atoms with van der Waals surface area (Å²) in [6.07, 6.45) is 5.50. The molecule has 0 bridgehead atoms. The van der Waals surface area contributed by atoms with E-state index in [1.807, 2.05) is 142 Å². The lowest BCUT2D eigenvalue weighted by atomic mass is 9.88. The minimum absolute atomic E-state index is 0.538. The standard InChI is InChI=1S/C45H43N5O/c1-44(2,3)26-31-12-11-13-33(22-31)48-30-49(41-17-10-9-16-40(41)48)34-24-36(29-46-28-34)51-35-18-19-38-37-14-7-8-15-39(37)50(42(38)25-35)43-23-32(20-21-47-43)27-45(4,5)6/h7-25,28-29H,26-27H2,1-6H3/i26D2,27D2. The Labute approximate surface area is 305 Å². The number of benzene rings is 4. The third kappa shape index (κ3) is 6.62. The molecule has 0 unspecified atom stereocenters. The second-order valence-corrected chi connectivity index (χ2v) is 15.0. The van der Waals surface area contributed by atoms with Gasteiger partial charge >= 0.3 is 0 Å². The Morgan fingerprint density at radius 1 is 0.686 bits per heavy atom. The molecule has 0 saturated heterocycles. The van der Waals surface area contributed by atoms with Crippen LogP contribution in [0.2, 0.25) is 0 Å². The monoisotopic (exact) mass is 673 g/mol. The molecule has 4 aromatic heterocycles. The molecule has 8 rings (SSSR count). The maximum absolute atomic E-state index is 8.93. The average Bonchev–Trinajstić information content (AvgIpc) is 3.70. The summed E-state index contributed by atoms with van der Waals surface area (Å²) in [5.41, 5.74) is 5.18. The fourth-order valence-corrected chi connectivity index (χ4v) is 6.63. The summed E-state index contributed by atoms with van der Waals surface area (Å²) in [7, 11) is 0. The number of pyridine rings is 2. The van der Waals surface area contributed by atoms with Crippen LogP contribution in [0.1, 0.15) is 58.2 Å². The van der Waals surface area contributed by atoms with E-state index in [-0.39, 0.29) is 0 Å². The van der Waals surface area contributed by atoms with Gasteiger partial charge in [-0.1, -0.05) is 102 Å². The van der Waals surface area contributed by atoms with Crippen LogP contribution in [0, 0.1) is 17.2 Å². The minimum atomic E-state index is -1.58. The molecule has 6 heteroatoms. The highest BCUT2D eigenvalue weighted by atomic mass is 16.5.